The van der Waals surface area contributed by atoms with Gasteiger partial charge in [-0.05, 0) is 38.8 Å². The smallest absolute Gasteiger partial charge is 0.410 e. The summed E-state index contributed by atoms with van der Waals surface area (Å²) in [6, 6.07) is 7.19. The number of aryl methyl sites for hydroxylation is 1. The molecule has 1 amide bonds. The lowest BCUT2D eigenvalue weighted by Gasteiger charge is -2.39. The van der Waals surface area contributed by atoms with Gasteiger partial charge in [-0.1, -0.05) is 24.3 Å². The Kier molecular flexibility index (Phi) is 5.08. The normalized spacial score (nSPS) is 20.6. The van der Waals surface area contributed by atoms with Crippen LogP contribution in [0, 0.1) is 6.92 Å². The average Bonchev–Trinajstić information content (AvgIpc) is 2.45. The van der Waals surface area contributed by atoms with Gasteiger partial charge in [-0.15, -0.1) is 0 Å². The molecule has 1 aliphatic rings. The molecule has 22 heavy (non-hydrogen) atoms. The van der Waals surface area contributed by atoms with Gasteiger partial charge in [0, 0.05) is 6.54 Å². The van der Waals surface area contributed by atoms with Crippen molar-refractivity contribution in [1.29, 1.82) is 0 Å². The molecule has 0 aliphatic carbocycles. The van der Waals surface area contributed by atoms with Crippen LogP contribution in [0.1, 0.15) is 38.0 Å². The van der Waals surface area contributed by atoms with Gasteiger partial charge in [-0.2, -0.15) is 0 Å². The summed E-state index contributed by atoms with van der Waals surface area (Å²) in [7, 11) is 0. The number of morpholine rings is 1. The van der Waals surface area contributed by atoms with Gasteiger partial charge in [-0.25, -0.2) is 4.79 Å². The van der Waals surface area contributed by atoms with Gasteiger partial charge < -0.3 is 14.6 Å². The van der Waals surface area contributed by atoms with Gasteiger partial charge in [0.05, 0.1) is 19.3 Å². The van der Waals surface area contributed by atoms with Gasteiger partial charge >= 0.3 is 6.09 Å². The molecule has 0 aromatic heterocycles. The number of ether oxygens (including phenoxy) is 2. The molecule has 1 aromatic carbocycles. The molecule has 1 saturated heterocycles. The molecule has 5 nitrogen and oxygen atoms in total. The van der Waals surface area contributed by atoms with Gasteiger partial charge in [0.1, 0.15) is 11.7 Å². The molecule has 2 atom stereocenters. The minimum absolute atomic E-state index is 0.300. The second kappa shape index (κ2) is 6.67. The lowest BCUT2D eigenvalue weighted by Crippen LogP contribution is -2.52. The van der Waals surface area contributed by atoms with Crippen LogP contribution in [-0.4, -0.2) is 47.5 Å². The summed E-state index contributed by atoms with van der Waals surface area (Å²) < 4.78 is 10.9. The summed E-state index contributed by atoms with van der Waals surface area (Å²) in [5.41, 5.74) is 1.24. The molecule has 0 radical (unpaired) electrons. The lowest BCUT2D eigenvalue weighted by molar-refractivity contribution is -0.0673. The largest absolute Gasteiger partial charge is 0.444 e. The third-order valence-corrected chi connectivity index (χ3v) is 3.67. The Bertz CT molecular complexity index is 524. The second-order valence-electron chi connectivity index (χ2n) is 6.62. The SMILES string of the molecule is Cc1ccccc1C(O)C1COCCN1C(=O)OC(C)(C)C. The first kappa shape index (κ1) is 16.8. The fourth-order valence-corrected chi connectivity index (χ4v) is 2.56. The zero-order chi connectivity index (χ0) is 16.3. The summed E-state index contributed by atoms with van der Waals surface area (Å²) >= 11 is 0. The molecule has 1 fully saturated rings. The van der Waals surface area contributed by atoms with Crippen molar-refractivity contribution >= 4 is 6.09 Å². The van der Waals surface area contributed by atoms with Crippen LogP contribution in [0.15, 0.2) is 24.3 Å². The monoisotopic (exact) mass is 307 g/mol. The quantitative estimate of drug-likeness (QED) is 0.912. The van der Waals surface area contributed by atoms with E-state index in [2.05, 4.69) is 0 Å². The van der Waals surface area contributed by atoms with Crippen molar-refractivity contribution < 1.29 is 19.4 Å². The van der Waals surface area contributed by atoms with Crippen LogP contribution in [0.5, 0.6) is 0 Å². The maximum atomic E-state index is 12.4. The summed E-state index contributed by atoms with van der Waals surface area (Å²) in [6.45, 7) is 8.61. The van der Waals surface area contributed by atoms with Crippen LogP contribution < -0.4 is 0 Å². The van der Waals surface area contributed by atoms with E-state index in [9.17, 15) is 9.90 Å². The van der Waals surface area contributed by atoms with Crippen LogP contribution in [0.25, 0.3) is 0 Å². The van der Waals surface area contributed by atoms with E-state index in [1.54, 1.807) is 4.90 Å². The standard InChI is InChI=1S/C17H25NO4/c1-12-7-5-6-8-13(12)15(19)14-11-21-10-9-18(14)16(20)22-17(2,3)4/h5-8,14-15,19H,9-11H2,1-4H3. The maximum Gasteiger partial charge on any atom is 0.410 e. The highest BCUT2D eigenvalue weighted by molar-refractivity contribution is 5.69. The molecule has 1 heterocycles. The molecule has 0 saturated carbocycles. The number of aliphatic hydroxyl groups excluding tert-OH is 1. The van der Waals surface area contributed by atoms with Crippen LogP contribution >= 0.6 is 0 Å². The maximum absolute atomic E-state index is 12.4. The predicted octanol–water partition coefficient (Wildman–Crippen LogP) is 2.66. The van der Waals surface area contributed by atoms with Gasteiger partial charge in [-0.3, -0.25) is 4.90 Å². The molecular weight excluding hydrogens is 282 g/mol. The van der Waals surface area contributed by atoms with Crippen molar-refractivity contribution in [2.24, 2.45) is 0 Å². The lowest BCUT2D eigenvalue weighted by atomic mass is 9.97. The first-order valence-electron chi connectivity index (χ1n) is 7.60. The number of benzene rings is 1. The Morgan fingerprint density at radius 3 is 2.73 bits per heavy atom. The van der Waals surface area contributed by atoms with E-state index in [1.165, 1.54) is 0 Å². The van der Waals surface area contributed by atoms with Crippen molar-refractivity contribution in [2.45, 2.75) is 45.4 Å². The second-order valence-corrected chi connectivity index (χ2v) is 6.62. The molecule has 2 rings (SSSR count). The summed E-state index contributed by atoms with van der Waals surface area (Å²) in [5.74, 6) is 0. The average molecular weight is 307 g/mol. The molecule has 2 unspecified atom stereocenters. The number of nitrogens with zero attached hydrogens (tertiary/aromatic N) is 1. The van der Waals surface area contributed by atoms with Crippen molar-refractivity contribution in [3.8, 4) is 0 Å². The van der Waals surface area contributed by atoms with Crippen LogP contribution in [0.4, 0.5) is 4.79 Å². The van der Waals surface area contributed by atoms with Gasteiger partial charge in [0.15, 0.2) is 0 Å². The van der Waals surface area contributed by atoms with E-state index in [4.69, 9.17) is 9.47 Å². The number of aliphatic hydroxyl groups is 1. The molecule has 0 bridgehead atoms. The predicted molar refractivity (Wildman–Crippen MR) is 83.7 cm³/mol. The fraction of sp³-hybridized carbons (Fsp3) is 0.588. The number of carbonyl (C=O) groups excluding carboxylic acids is 1. The number of amides is 1. The van der Waals surface area contributed by atoms with Crippen molar-refractivity contribution in [3.63, 3.8) is 0 Å². The Morgan fingerprint density at radius 2 is 2.09 bits per heavy atom. The van der Waals surface area contributed by atoms with Crippen LogP contribution in [-0.2, 0) is 9.47 Å². The summed E-state index contributed by atoms with van der Waals surface area (Å²) in [4.78, 5) is 14.0. The summed E-state index contributed by atoms with van der Waals surface area (Å²) in [5, 5.41) is 10.7. The number of hydrogen-bond donors (Lipinski definition) is 1. The van der Waals surface area contributed by atoms with Crippen LogP contribution in [0.3, 0.4) is 0 Å². The fourth-order valence-electron chi connectivity index (χ4n) is 2.56. The Balaban J connectivity index is 2.19. The molecular formula is C17H25NO4. The third kappa shape index (κ3) is 3.99. The molecule has 122 valence electrons. The minimum Gasteiger partial charge on any atom is -0.444 e. The van der Waals surface area contributed by atoms with Crippen LogP contribution in [0.2, 0.25) is 0 Å². The van der Waals surface area contributed by atoms with E-state index in [-0.39, 0.29) is 0 Å². The molecule has 1 aliphatic heterocycles. The van der Waals surface area contributed by atoms with E-state index in [0.717, 1.165) is 11.1 Å². The Hall–Kier alpha value is -1.59. The molecule has 1 aromatic rings. The first-order valence-corrected chi connectivity index (χ1v) is 7.60. The highest BCUT2D eigenvalue weighted by Gasteiger charge is 2.36. The van der Waals surface area contributed by atoms with Crippen molar-refractivity contribution in [2.75, 3.05) is 19.8 Å². The Morgan fingerprint density at radius 1 is 1.41 bits per heavy atom. The van der Waals surface area contributed by atoms with Crippen molar-refractivity contribution in [1.82, 2.24) is 4.90 Å². The molecule has 5 heteroatoms. The molecule has 1 N–H and O–H groups in total. The summed E-state index contributed by atoms with van der Waals surface area (Å²) in [6.07, 6.45) is -1.21. The van der Waals surface area contributed by atoms with Crippen molar-refractivity contribution in [3.05, 3.63) is 35.4 Å². The van der Waals surface area contributed by atoms with E-state index >= 15 is 0 Å². The number of rotatable bonds is 2. The Labute approximate surface area is 131 Å². The van der Waals surface area contributed by atoms with E-state index in [0.29, 0.717) is 19.8 Å². The highest BCUT2D eigenvalue weighted by atomic mass is 16.6. The van der Waals surface area contributed by atoms with Gasteiger partial charge in [0.2, 0.25) is 0 Å². The first-order chi connectivity index (χ1) is 10.3. The molecule has 0 spiro atoms. The number of carbonyl (C=O) groups is 1. The van der Waals surface area contributed by atoms with Gasteiger partial charge in [0.25, 0.3) is 0 Å². The van der Waals surface area contributed by atoms with E-state index < -0.39 is 23.8 Å². The topological polar surface area (TPSA) is 59.0 Å². The number of hydrogen-bond acceptors (Lipinski definition) is 4. The van der Waals surface area contributed by atoms with E-state index in [1.807, 2.05) is 52.0 Å². The zero-order valence-electron chi connectivity index (χ0n) is 13.7. The third-order valence-electron chi connectivity index (χ3n) is 3.67. The minimum atomic E-state index is -0.797. The zero-order valence-corrected chi connectivity index (χ0v) is 13.7. The highest BCUT2D eigenvalue weighted by Crippen LogP contribution is 2.27.